The molecule has 1 aromatic rings. The molecule has 0 radical (unpaired) electrons. The Morgan fingerprint density at radius 2 is 2.00 bits per heavy atom. The van der Waals surface area contributed by atoms with Gasteiger partial charge in [0.2, 0.25) is 0 Å². The Balaban J connectivity index is 3.17. The van der Waals surface area contributed by atoms with Gasteiger partial charge in [0.15, 0.2) is 5.71 Å². The average Bonchev–Trinajstić information content (AvgIpc) is 2.45. The molecule has 0 saturated carbocycles. The molecule has 114 valence electrons. The van der Waals surface area contributed by atoms with E-state index in [-0.39, 0.29) is 12.3 Å². The topological polar surface area (TPSA) is 47.9 Å². The summed E-state index contributed by atoms with van der Waals surface area (Å²) in [5, 5.41) is 0. The summed E-state index contributed by atoms with van der Waals surface area (Å²) in [5.74, 6) is -4.02. The summed E-state index contributed by atoms with van der Waals surface area (Å²) >= 11 is 0. The molecule has 4 nitrogen and oxygen atoms in total. The van der Waals surface area contributed by atoms with Crippen LogP contribution >= 0.6 is 0 Å². The quantitative estimate of drug-likeness (QED) is 0.439. The number of aliphatic imine (C=N–C) groups is 1. The lowest BCUT2D eigenvalue weighted by molar-refractivity contribution is -0.136. The van der Waals surface area contributed by atoms with E-state index in [4.69, 9.17) is 4.74 Å². The molecule has 0 aliphatic heterocycles. The highest BCUT2D eigenvalue weighted by atomic mass is 19.3. The van der Waals surface area contributed by atoms with Crippen LogP contribution in [-0.2, 0) is 9.53 Å². The molecule has 0 aromatic heterocycles. The monoisotopic (exact) mass is 297 g/mol. The first-order chi connectivity index (χ1) is 9.94. The van der Waals surface area contributed by atoms with Crippen molar-refractivity contribution < 1.29 is 23.0 Å². The molecule has 0 aliphatic rings. The van der Waals surface area contributed by atoms with Crippen LogP contribution in [0, 0.1) is 0 Å². The van der Waals surface area contributed by atoms with Gasteiger partial charge in [-0.25, -0.2) is 9.79 Å². The van der Waals surface area contributed by atoms with E-state index in [9.17, 15) is 13.6 Å². The Bertz CT molecular complexity index is 524. The van der Waals surface area contributed by atoms with Crippen LogP contribution in [-0.4, -0.2) is 31.3 Å². The number of benzene rings is 1. The summed E-state index contributed by atoms with van der Waals surface area (Å²) < 4.78 is 37.5. The molecule has 0 N–H and O–H groups in total. The van der Waals surface area contributed by atoms with Gasteiger partial charge in [-0.2, -0.15) is 8.78 Å². The van der Waals surface area contributed by atoms with Gasteiger partial charge < -0.3 is 9.47 Å². The molecule has 0 amide bonds. The Morgan fingerprint density at radius 1 is 1.38 bits per heavy atom. The summed E-state index contributed by atoms with van der Waals surface area (Å²) in [6.45, 7) is 4.79. The van der Waals surface area contributed by atoms with Crippen LogP contribution in [0.3, 0.4) is 0 Å². The van der Waals surface area contributed by atoms with Gasteiger partial charge in [0.25, 0.3) is 5.92 Å². The van der Waals surface area contributed by atoms with E-state index in [0.29, 0.717) is 5.75 Å². The predicted octanol–water partition coefficient (Wildman–Crippen LogP) is 3.54. The van der Waals surface area contributed by atoms with Gasteiger partial charge >= 0.3 is 5.97 Å². The molecule has 0 heterocycles. The van der Waals surface area contributed by atoms with Crippen molar-refractivity contribution in [2.45, 2.75) is 19.3 Å². The van der Waals surface area contributed by atoms with Gasteiger partial charge in [-0.05, 0) is 31.2 Å². The summed E-state index contributed by atoms with van der Waals surface area (Å²) in [5.41, 5.74) is -0.725. The number of methoxy groups -OCH3 is 1. The number of allylic oxidation sites excluding steroid dienone is 1. The van der Waals surface area contributed by atoms with Crippen LogP contribution < -0.4 is 4.74 Å². The molecule has 0 bridgehead atoms. The van der Waals surface area contributed by atoms with Crippen molar-refractivity contribution >= 4 is 17.4 Å². The number of esters is 1. The first-order valence-electron chi connectivity index (χ1n) is 6.33. The molecule has 6 heteroatoms. The fourth-order valence-electron chi connectivity index (χ4n) is 1.54. The zero-order valence-electron chi connectivity index (χ0n) is 11.9. The van der Waals surface area contributed by atoms with E-state index in [0.717, 1.165) is 6.08 Å². The van der Waals surface area contributed by atoms with Crippen molar-refractivity contribution in [3.05, 3.63) is 36.9 Å². The number of ether oxygens (including phenoxy) is 2. The Kier molecular flexibility index (Phi) is 6.02. The molecule has 0 fully saturated rings. The molecule has 0 spiro atoms. The number of rotatable bonds is 7. The standard InChI is InChI=1S/C15H17F2NO3/c1-4-10-15(16,17)13(14(19)21-5-2)18-11-6-8-12(20-3)9-7-11/h4,6-9H,1,5,10H2,2-3H3. The first-order valence-corrected chi connectivity index (χ1v) is 6.33. The van der Waals surface area contributed by atoms with Crippen molar-refractivity contribution in [3.63, 3.8) is 0 Å². The molecular weight excluding hydrogens is 280 g/mol. The smallest absolute Gasteiger partial charge is 0.359 e. The van der Waals surface area contributed by atoms with E-state index in [1.807, 2.05) is 0 Å². The third-order valence-corrected chi connectivity index (χ3v) is 2.53. The van der Waals surface area contributed by atoms with Crippen LogP contribution in [0.1, 0.15) is 13.3 Å². The average molecular weight is 297 g/mol. The molecule has 0 atom stereocenters. The molecular formula is C15H17F2NO3. The fourth-order valence-corrected chi connectivity index (χ4v) is 1.54. The third kappa shape index (κ3) is 4.66. The molecule has 0 unspecified atom stereocenters. The second-order valence-electron chi connectivity index (χ2n) is 4.08. The van der Waals surface area contributed by atoms with Crippen LogP contribution in [0.15, 0.2) is 41.9 Å². The summed E-state index contributed by atoms with van der Waals surface area (Å²) in [6, 6.07) is 6.07. The van der Waals surface area contributed by atoms with Crippen LogP contribution in [0.25, 0.3) is 0 Å². The zero-order chi connectivity index (χ0) is 15.9. The second-order valence-corrected chi connectivity index (χ2v) is 4.08. The lowest BCUT2D eigenvalue weighted by Crippen LogP contribution is -2.36. The third-order valence-electron chi connectivity index (χ3n) is 2.53. The zero-order valence-corrected chi connectivity index (χ0v) is 11.9. The first kappa shape index (κ1) is 16.8. The predicted molar refractivity (Wildman–Crippen MR) is 76.5 cm³/mol. The van der Waals surface area contributed by atoms with Gasteiger partial charge in [0.05, 0.1) is 19.4 Å². The largest absolute Gasteiger partial charge is 0.497 e. The number of halogens is 2. The minimum absolute atomic E-state index is 0.00929. The molecule has 1 aromatic carbocycles. The Hall–Kier alpha value is -2.24. The highest BCUT2D eigenvalue weighted by molar-refractivity contribution is 6.39. The maximum absolute atomic E-state index is 14.0. The minimum Gasteiger partial charge on any atom is -0.497 e. The maximum Gasteiger partial charge on any atom is 0.359 e. The summed E-state index contributed by atoms with van der Waals surface area (Å²) in [7, 11) is 1.49. The second kappa shape index (κ2) is 7.52. The molecule has 0 saturated heterocycles. The highest BCUT2D eigenvalue weighted by Crippen LogP contribution is 2.26. The molecule has 0 aliphatic carbocycles. The van der Waals surface area contributed by atoms with Crippen molar-refractivity contribution in [1.29, 1.82) is 0 Å². The van der Waals surface area contributed by atoms with Gasteiger partial charge in [-0.1, -0.05) is 6.08 Å². The normalized spacial score (nSPS) is 11.9. The van der Waals surface area contributed by atoms with Gasteiger partial charge in [0.1, 0.15) is 5.75 Å². The summed E-state index contributed by atoms with van der Waals surface area (Å²) in [4.78, 5) is 15.4. The van der Waals surface area contributed by atoms with Gasteiger partial charge in [0, 0.05) is 6.42 Å². The van der Waals surface area contributed by atoms with Crippen LogP contribution in [0.2, 0.25) is 0 Å². The van der Waals surface area contributed by atoms with Crippen LogP contribution in [0.4, 0.5) is 14.5 Å². The maximum atomic E-state index is 14.0. The van der Waals surface area contributed by atoms with Crippen LogP contribution in [0.5, 0.6) is 5.75 Å². The minimum atomic E-state index is -3.44. The fraction of sp³-hybridized carbons (Fsp3) is 0.333. The number of carbonyl (C=O) groups is 1. The molecule has 1 rings (SSSR count). The van der Waals surface area contributed by atoms with Crippen molar-refractivity contribution in [3.8, 4) is 5.75 Å². The lowest BCUT2D eigenvalue weighted by atomic mass is 10.1. The number of hydrogen-bond acceptors (Lipinski definition) is 4. The van der Waals surface area contributed by atoms with Crippen molar-refractivity contribution in [2.75, 3.05) is 13.7 Å². The van der Waals surface area contributed by atoms with E-state index in [1.54, 1.807) is 12.1 Å². The van der Waals surface area contributed by atoms with Gasteiger partial charge in [-0.3, -0.25) is 0 Å². The summed E-state index contributed by atoms with van der Waals surface area (Å²) in [6.07, 6.45) is 0.337. The van der Waals surface area contributed by atoms with Crippen molar-refractivity contribution in [2.24, 2.45) is 4.99 Å². The Labute approximate surface area is 122 Å². The lowest BCUT2D eigenvalue weighted by Gasteiger charge is -2.16. The number of carbonyl (C=O) groups excluding carboxylic acids is 1. The van der Waals surface area contributed by atoms with Gasteiger partial charge in [-0.15, -0.1) is 6.58 Å². The van der Waals surface area contributed by atoms with E-state index in [1.165, 1.54) is 26.2 Å². The van der Waals surface area contributed by atoms with E-state index < -0.39 is 24.0 Å². The van der Waals surface area contributed by atoms with Crippen molar-refractivity contribution in [1.82, 2.24) is 0 Å². The van der Waals surface area contributed by atoms with E-state index >= 15 is 0 Å². The highest BCUT2D eigenvalue weighted by Gasteiger charge is 2.40. The number of alkyl halides is 2. The molecule has 21 heavy (non-hydrogen) atoms. The number of nitrogens with zero attached hydrogens (tertiary/aromatic N) is 1. The SMILES string of the molecule is C=CCC(F)(F)C(=Nc1ccc(OC)cc1)C(=O)OCC. The Morgan fingerprint density at radius 3 is 2.48 bits per heavy atom. The van der Waals surface area contributed by atoms with E-state index in [2.05, 4.69) is 16.3 Å². The number of hydrogen-bond donors (Lipinski definition) is 0.